The first-order valence-electron chi connectivity index (χ1n) is 9.46. The number of hydrogen-bond donors (Lipinski definition) is 2. The predicted molar refractivity (Wildman–Crippen MR) is 99.3 cm³/mol. The number of ether oxygens (including phenoxy) is 1. The lowest BCUT2D eigenvalue weighted by Crippen LogP contribution is -2.41. The fourth-order valence-corrected chi connectivity index (χ4v) is 3.68. The Kier molecular flexibility index (Phi) is 9.79. The van der Waals surface area contributed by atoms with Gasteiger partial charge in [0.05, 0.1) is 11.9 Å². The first-order valence-corrected chi connectivity index (χ1v) is 11.5. The van der Waals surface area contributed by atoms with Crippen molar-refractivity contribution in [1.82, 2.24) is 5.32 Å². The number of alkyl carbamates (subject to hydrolysis) is 1. The lowest BCUT2D eigenvalue weighted by atomic mass is 9.84. The van der Waals surface area contributed by atoms with E-state index < -0.39 is 22.0 Å². The van der Waals surface area contributed by atoms with Crippen LogP contribution >= 0.6 is 0 Å². The fraction of sp³-hybridized carbons (Fsp3) is 0.944. The first kappa shape index (κ1) is 22.2. The van der Waals surface area contributed by atoms with Crippen molar-refractivity contribution in [1.29, 1.82) is 0 Å². The molecule has 1 fully saturated rings. The van der Waals surface area contributed by atoms with Crippen molar-refractivity contribution in [2.75, 3.05) is 18.6 Å². The Morgan fingerprint density at radius 1 is 1.24 bits per heavy atom. The van der Waals surface area contributed by atoms with E-state index in [9.17, 15) is 18.3 Å². The molecule has 0 aromatic heterocycles. The summed E-state index contributed by atoms with van der Waals surface area (Å²) in [5, 5.41) is 13.1. The molecule has 0 heterocycles. The Hall–Kier alpha value is -0.820. The van der Waals surface area contributed by atoms with E-state index in [0.29, 0.717) is 6.42 Å². The molecule has 25 heavy (non-hydrogen) atoms. The number of amides is 1. The monoisotopic (exact) mass is 377 g/mol. The van der Waals surface area contributed by atoms with Gasteiger partial charge in [0.15, 0.2) is 9.84 Å². The smallest absolute Gasteiger partial charge is 0.407 e. The Morgan fingerprint density at radius 3 is 2.44 bits per heavy atom. The number of hydrogen-bond acceptors (Lipinski definition) is 5. The van der Waals surface area contributed by atoms with Crippen LogP contribution in [0.5, 0.6) is 0 Å². The Morgan fingerprint density at radius 2 is 1.88 bits per heavy atom. The van der Waals surface area contributed by atoms with Gasteiger partial charge in [0.2, 0.25) is 0 Å². The van der Waals surface area contributed by atoms with Gasteiger partial charge in [-0.1, -0.05) is 46.0 Å². The molecule has 2 N–H and O–H groups in total. The minimum atomic E-state index is -3.15. The van der Waals surface area contributed by atoms with Gasteiger partial charge >= 0.3 is 6.09 Å². The van der Waals surface area contributed by atoms with E-state index in [1.54, 1.807) is 0 Å². The van der Waals surface area contributed by atoms with E-state index in [-0.39, 0.29) is 24.3 Å². The summed E-state index contributed by atoms with van der Waals surface area (Å²) in [5.41, 5.74) is 0. The van der Waals surface area contributed by atoms with Crippen molar-refractivity contribution in [2.24, 2.45) is 11.8 Å². The van der Waals surface area contributed by atoms with Gasteiger partial charge in [0, 0.05) is 12.3 Å². The van der Waals surface area contributed by atoms with Crippen molar-refractivity contribution >= 4 is 15.9 Å². The molecule has 2 atom stereocenters. The molecule has 1 rings (SSSR count). The maximum Gasteiger partial charge on any atom is 0.407 e. The minimum Gasteiger partial charge on any atom is -0.448 e. The Labute approximate surface area is 152 Å². The van der Waals surface area contributed by atoms with E-state index >= 15 is 0 Å². The van der Waals surface area contributed by atoms with Crippen molar-refractivity contribution in [2.45, 2.75) is 77.4 Å². The Balaban J connectivity index is 2.32. The molecule has 1 aliphatic carbocycles. The van der Waals surface area contributed by atoms with E-state index in [2.05, 4.69) is 5.32 Å². The zero-order valence-electron chi connectivity index (χ0n) is 15.9. The number of carbonyl (C=O) groups excluding carboxylic acids is 1. The zero-order chi connectivity index (χ0) is 18.9. The summed E-state index contributed by atoms with van der Waals surface area (Å²) in [4.78, 5) is 11.8. The van der Waals surface area contributed by atoms with Crippen LogP contribution in [0.25, 0.3) is 0 Å². The lowest BCUT2D eigenvalue weighted by molar-refractivity contribution is 0.110. The van der Waals surface area contributed by atoms with E-state index in [1.165, 1.54) is 32.1 Å². The number of sulfone groups is 1. The second kappa shape index (κ2) is 11.0. The van der Waals surface area contributed by atoms with Gasteiger partial charge in [-0.3, -0.25) is 0 Å². The molecule has 0 aromatic rings. The maximum absolute atomic E-state index is 11.8. The highest BCUT2D eigenvalue weighted by Gasteiger charge is 2.22. The molecule has 7 heteroatoms. The average Bonchev–Trinajstić information content (AvgIpc) is 2.52. The van der Waals surface area contributed by atoms with Crippen LogP contribution in [0.15, 0.2) is 0 Å². The number of nitrogens with one attached hydrogen (secondary N) is 1. The summed E-state index contributed by atoms with van der Waals surface area (Å²) in [6, 6.07) is -0.188. The molecular weight excluding hydrogens is 342 g/mol. The largest absolute Gasteiger partial charge is 0.448 e. The van der Waals surface area contributed by atoms with Crippen LogP contribution in [0.3, 0.4) is 0 Å². The molecule has 0 saturated heterocycles. The standard InChI is InChI=1S/C18H35NO5S/c1-14(2)17(19-18(21)24-11-12-25(3,22)23)13-16(20)10-9-15-7-5-4-6-8-15/h14-17,20H,4-13H2,1-3H3,(H,19,21)/t16-,17-/m0/s1. The molecule has 1 amide bonds. The Bertz CT molecular complexity index is 486. The summed E-state index contributed by atoms with van der Waals surface area (Å²) in [6.45, 7) is 3.81. The second-order valence-electron chi connectivity index (χ2n) is 7.73. The molecule has 0 aliphatic heterocycles. The van der Waals surface area contributed by atoms with Crippen LogP contribution in [-0.2, 0) is 14.6 Å². The van der Waals surface area contributed by atoms with Crippen molar-refractivity contribution in [3.63, 3.8) is 0 Å². The van der Waals surface area contributed by atoms with Crippen LogP contribution in [0.2, 0.25) is 0 Å². The molecule has 0 bridgehead atoms. The van der Waals surface area contributed by atoms with Crippen LogP contribution in [-0.4, -0.2) is 50.4 Å². The molecule has 6 nitrogen and oxygen atoms in total. The van der Waals surface area contributed by atoms with Crippen molar-refractivity contribution in [3.8, 4) is 0 Å². The summed E-state index contributed by atoms with van der Waals surface area (Å²) in [7, 11) is -3.15. The highest BCUT2D eigenvalue weighted by atomic mass is 32.2. The van der Waals surface area contributed by atoms with Crippen LogP contribution < -0.4 is 5.32 Å². The number of aliphatic hydroxyl groups excluding tert-OH is 1. The molecule has 0 radical (unpaired) electrons. The lowest BCUT2D eigenvalue weighted by Gasteiger charge is -2.26. The quantitative estimate of drug-likeness (QED) is 0.611. The number of carbonyl (C=O) groups is 1. The molecule has 0 spiro atoms. The third-order valence-electron chi connectivity index (χ3n) is 4.95. The van der Waals surface area contributed by atoms with Crippen LogP contribution in [0.4, 0.5) is 4.79 Å². The molecule has 0 unspecified atom stereocenters. The first-order chi connectivity index (χ1) is 11.7. The normalized spacial score (nSPS) is 18.8. The van der Waals surface area contributed by atoms with E-state index in [1.807, 2.05) is 13.8 Å². The van der Waals surface area contributed by atoms with Crippen molar-refractivity contribution in [3.05, 3.63) is 0 Å². The van der Waals surface area contributed by atoms with Crippen LogP contribution in [0.1, 0.15) is 65.2 Å². The van der Waals surface area contributed by atoms with Crippen molar-refractivity contribution < 1.29 is 23.1 Å². The van der Waals surface area contributed by atoms with Gasteiger partial charge in [-0.15, -0.1) is 0 Å². The van der Waals surface area contributed by atoms with Gasteiger partial charge in [-0.2, -0.15) is 0 Å². The van der Waals surface area contributed by atoms with Gasteiger partial charge < -0.3 is 15.2 Å². The van der Waals surface area contributed by atoms with Gasteiger partial charge in [-0.25, -0.2) is 13.2 Å². The number of aliphatic hydroxyl groups is 1. The highest BCUT2D eigenvalue weighted by molar-refractivity contribution is 7.90. The highest BCUT2D eigenvalue weighted by Crippen LogP contribution is 2.28. The SMILES string of the molecule is CC(C)[C@H](C[C@@H](O)CCC1CCCCC1)NC(=O)OCCS(C)(=O)=O. The summed E-state index contributed by atoms with van der Waals surface area (Å²) < 4.78 is 27.0. The van der Waals surface area contributed by atoms with Gasteiger partial charge in [0.25, 0.3) is 0 Å². The van der Waals surface area contributed by atoms with Gasteiger partial charge in [-0.05, 0) is 31.1 Å². The summed E-state index contributed by atoms with van der Waals surface area (Å²) in [5.74, 6) is 0.707. The molecular formula is C18H35NO5S. The minimum absolute atomic E-state index is 0.153. The summed E-state index contributed by atoms with van der Waals surface area (Å²) in [6.07, 6.45) is 8.82. The summed E-state index contributed by atoms with van der Waals surface area (Å²) >= 11 is 0. The van der Waals surface area contributed by atoms with Crippen LogP contribution in [0, 0.1) is 11.8 Å². The molecule has 148 valence electrons. The molecule has 0 aromatic carbocycles. The second-order valence-corrected chi connectivity index (χ2v) is 9.99. The third-order valence-corrected chi connectivity index (χ3v) is 5.86. The molecule has 1 saturated carbocycles. The zero-order valence-corrected chi connectivity index (χ0v) is 16.7. The fourth-order valence-electron chi connectivity index (χ4n) is 3.29. The number of rotatable bonds is 10. The van der Waals surface area contributed by atoms with E-state index in [4.69, 9.17) is 4.74 Å². The van der Waals surface area contributed by atoms with E-state index in [0.717, 1.165) is 25.0 Å². The predicted octanol–water partition coefficient (Wildman–Crippen LogP) is 2.89. The third kappa shape index (κ3) is 10.7. The average molecular weight is 378 g/mol. The maximum atomic E-state index is 11.8. The molecule has 1 aliphatic rings. The van der Waals surface area contributed by atoms with Gasteiger partial charge in [0.1, 0.15) is 6.61 Å². The topological polar surface area (TPSA) is 92.7 Å².